The SMILES string of the molecule is Cc1nc(-c2cccc(Cl)c2)c2cc(N)ccn12. The van der Waals surface area contributed by atoms with E-state index in [0.29, 0.717) is 5.02 Å². The van der Waals surface area contributed by atoms with Crippen molar-refractivity contribution in [2.45, 2.75) is 6.92 Å². The van der Waals surface area contributed by atoms with Crippen LogP contribution in [0.5, 0.6) is 0 Å². The highest BCUT2D eigenvalue weighted by Gasteiger charge is 2.10. The number of hydrogen-bond donors (Lipinski definition) is 1. The molecule has 0 radical (unpaired) electrons. The summed E-state index contributed by atoms with van der Waals surface area (Å²) in [5.41, 5.74) is 9.47. The Bertz CT molecular complexity index is 731. The number of nitrogen functional groups attached to an aromatic ring is 1. The number of nitrogens with two attached hydrogens (primary N) is 1. The molecule has 0 atom stereocenters. The first-order chi connectivity index (χ1) is 8.65. The first kappa shape index (κ1) is 11.1. The van der Waals surface area contributed by atoms with Crippen LogP contribution >= 0.6 is 11.6 Å². The van der Waals surface area contributed by atoms with E-state index in [0.717, 1.165) is 28.3 Å². The van der Waals surface area contributed by atoms with Gasteiger partial charge >= 0.3 is 0 Å². The maximum atomic E-state index is 6.02. The molecule has 2 aromatic heterocycles. The Hall–Kier alpha value is -2.00. The van der Waals surface area contributed by atoms with Crippen LogP contribution < -0.4 is 5.73 Å². The van der Waals surface area contributed by atoms with Gasteiger partial charge in [-0.3, -0.25) is 0 Å². The number of imidazole rings is 1. The Balaban J connectivity index is 2.32. The number of rotatable bonds is 1. The van der Waals surface area contributed by atoms with Crippen LogP contribution in [-0.4, -0.2) is 9.38 Å². The van der Waals surface area contributed by atoms with Gasteiger partial charge in [0.1, 0.15) is 5.82 Å². The lowest BCUT2D eigenvalue weighted by Crippen LogP contribution is -1.90. The van der Waals surface area contributed by atoms with Crippen molar-refractivity contribution in [1.82, 2.24) is 9.38 Å². The maximum Gasteiger partial charge on any atom is 0.110 e. The van der Waals surface area contributed by atoms with Crippen LogP contribution in [0.15, 0.2) is 42.6 Å². The molecule has 0 saturated carbocycles. The van der Waals surface area contributed by atoms with Gasteiger partial charge in [-0.1, -0.05) is 23.7 Å². The maximum absolute atomic E-state index is 6.02. The fourth-order valence-electron chi connectivity index (χ4n) is 2.10. The summed E-state index contributed by atoms with van der Waals surface area (Å²) < 4.78 is 2.02. The van der Waals surface area contributed by atoms with Gasteiger partial charge in [0.15, 0.2) is 0 Å². The summed E-state index contributed by atoms with van der Waals surface area (Å²) in [7, 11) is 0. The summed E-state index contributed by atoms with van der Waals surface area (Å²) in [5.74, 6) is 0.931. The molecule has 0 saturated heterocycles. The summed E-state index contributed by atoms with van der Waals surface area (Å²) in [4.78, 5) is 4.59. The van der Waals surface area contributed by atoms with E-state index >= 15 is 0 Å². The van der Waals surface area contributed by atoms with Crippen LogP contribution in [0.3, 0.4) is 0 Å². The number of fused-ring (bicyclic) bond motifs is 1. The third-order valence-electron chi connectivity index (χ3n) is 2.94. The molecule has 4 heteroatoms. The topological polar surface area (TPSA) is 43.3 Å². The molecular weight excluding hydrogens is 246 g/mol. The van der Waals surface area contributed by atoms with E-state index in [4.69, 9.17) is 17.3 Å². The lowest BCUT2D eigenvalue weighted by molar-refractivity contribution is 1.05. The highest BCUT2D eigenvalue weighted by molar-refractivity contribution is 6.30. The Kier molecular flexibility index (Phi) is 2.49. The monoisotopic (exact) mass is 257 g/mol. The normalized spacial score (nSPS) is 11.0. The molecule has 3 aromatic rings. The highest BCUT2D eigenvalue weighted by atomic mass is 35.5. The van der Waals surface area contributed by atoms with Crippen LogP contribution in [0.4, 0.5) is 5.69 Å². The number of aryl methyl sites for hydroxylation is 1. The second-order valence-electron chi connectivity index (χ2n) is 4.23. The number of anilines is 1. The van der Waals surface area contributed by atoms with E-state index < -0.39 is 0 Å². The molecule has 0 aliphatic rings. The highest BCUT2D eigenvalue weighted by Crippen LogP contribution is 2.27. The van der Waals surface area contributed by atoms with Crippen molar-refractivity contribution in [2.24, 2.45) is 0 Å². The summed E-state index contributed by atoms with van der Waals surface area (Å²) in [6.07, 6.45) is 1.93. The fraction of sp³-hybridized carbons (Fsp3) is 0.0714. The Labute approximate surface area is 110 Å². The zero-order chi connectivity index (χ0) is 12.7. The molecule has 0 aliphatic heterocycles. The van der Waals surface area contributed by atoms with Crippen molar-refractivity contribution in [1.29, 1.82) is 0 Å². The lowest BCUT2D eigenvalue weighted by Gasteiger charge is -2.01. The lowest BCUT2D eigenvalue weighted by atomic mass is 10.1. The molecule has 3 rings (SSSR count). The van der Waals surface area contributed by atoms with Crippen LogP contribution in [-0.2, 0) is 0 Å². The molecule has 2 heterocycles. The van der Waals surface area contributed by atoms with Gasteiger partial charge in [-0.15, -0.1) is 0 Å². The molecule has 2 N–H and O–H groups in total. The second-order valence-corrected chi connectivity index (χ2v) is 4.67. The summed E-state index contributed by atoms with van der Waals surface area (Å²) in [6.45, 7) is 1.97. The van der Waals surface area contributed by atoms with Gasteiger partial charge in [0.2, 0.25) is 0 Å². The minimum atomic E-state index is 0.704. The minimum absolute atomic E-state index is 0.704. The van der Waals surface area contributed by atoms with E-state index in [1.54, 1.807) is 0 Å². The third kappa shape index (κ3) is 1.73. The number of pyridine rings is 1. The molecule has 0 unspecified atom stereocenters. The molecule has 0 bridgehead atoms. The zero-order valence-electron chi connectivity index (χ0n) is 9.89. The van der Waals surface area contributed by atoms with Gasteiger partial charge < -0.3 is 10.1 Å². The van der Waals surface area contributed by atoms with E-state index in [-0.39, 0.29) is 0 Å². The quantitative estimate of drug-likeness (QED) is 0.725. The minimum Gasteiger partial charge on any atom is -0.399 e. The van der Waals surface area contributed by atoms with Crippen molar-refractivity contribution in [3.63, 3.8) is 0 Å². The Morgan fingerprint density at radius 3 is 2.83 bits per heavy atom. The largest absolute Gasteiger partial charge is 0.399 e. The van der Waals surface area contributed by atoms with E-state index in [1.165, 1.54) is 0 Å². The molecule has 0 fully saturated rings. The van der Waals surface area contributed by atoms with Crippen molar-refractivity contribution in [2.75, 3.05) is 5.73 Å². The smallest absolute Gasteiger partial charge is 0.110 e. The third-order valence-corrected chi connectivity index (χ3v) is 3.18. The fourth-order valence-corrected chi connectivity index (χ4v) is 2.29. The predicted molar refractivity (Wildman–Crippen MR) is 74.8 cm³/mol. The van der Waals surface area contributed by atoms with E-state index in [2.05, 4.69) is 4.98 Å². The summed E-state index contributed by atoms with van der Waals surface area (Å²) in [5, 5.41) is 0.704. The van der Waals surface area contributed by atoms with Crippen LogP contribution in [0, 0.1) is 6.92 Å². The molecular formula is C14H12ClN3. The number of nitrogens with zero attached hydrogens (tertiary/aromatic N) is 2. The van der Waals surface area contributed by atoms with Crippen molar-refractivity contribution < 1.29 is 0 Å². The van der Waals surface area contributed by atoms with Gasteiger partial charge in [-0.2, -0.15) is 0 Å². The Morgan fingerprint density at radius 2 is 2.06 bits per heavy atom. The summed E-state index contributed by atoms with van der Waals surface area (Å²) in [6, 6.07) is 11.5. The molecule has 18 heavy (non-hydrogen) atoms. The van der Waals surface area contributed by atoms with Crippen LogP contribution in [0.1, 0.15) is 5.82 Å². The predicted octanol–water partition coefficient (Wildman–Crippen LogP) is 3.55. The van der Waals surface area contributed by atoms with Gasteiger partial charge in [0.05, 0.1) is 11.2 Å². The molecule has 0 aliphatic carbocycles. The van der Waals surface area contributed by atoms with Crippen molar-refractivity contribution >= 4 is 22.8 Å². The van der Waals surface area contributed by atoms with Crippen molar-refractivity contribution in [3.8, 4) is 11.3 Å². The van der Waals surface area contributed by atoms with Gasteiger partial charge in [-0.25, -0.2) is 4.98 Å². The first-order valence-corrected chi connectivity index (χ1v) is 6.03. The van der Waals surface area contributed by atoms with Gasteiger partial charge in [0.25, 0.3) is 0 Å². The molecule has 90 valence electrons. The molecule has 1 aromatic carbocycles. The van der Waals surface area contributed by atoms with Gasteiger partial charge in [0, 0.05) is 22.5 Å². The Morgan fingerprint density at radius 1 is 1.22 bits per heavy atom. The van der Waals surface area contributed by atoms with E-state index in [1.807, 2.05) is 53.9 Å². The molecule has 0 spiro atoms. The van der Waals surface area contributed by atoms with Crippen LogP contribution in [0.25, 0.3) is 16.8 Å². The van der Waals surface area contributed by atoms with Crippen LogP contribution in [0.2, 0.25) is 5.02 Å². The first-order valence-electron chi connectivity index (χ1n) is 5.65. The summed E-state index contributed by atoms with van der Waals surface area (Å²) >= 11 is 6.02. The standard InChI is InChI=1S/C14H12ClN3/c1-9-17-14(10-3-2-4-11(15)7-10)13-8-12(16)5-6-18(9)13/h2-8H,16H2,1H3. The second kappa shape index (κ2) is 4.03. The number of halogens is 1. The number of aromatic nitrogens is 2. The zero-order valence-corrected chi connectivity index (χ0v) is 10.6. The number of hydrogen-bond acceptors (Lipinski definition) is 2. The average molecular weight is 258 g/mol. The van der Waals surface area contributed by atoms with Crippen molar-refractivity contribution in [3.05, 3.63) is 53.4 Å². The molecule has 0 amide bonds. The van der Waals surface area contributed by atoms with Gasteiger partial charge in [-0.05, 0) is 31.2 Å². The van der Waals surface area contributed by atoms with E-state index in [9.17, 15) is 0 Å². The molecule has 3 nitrogen and oxygen atoms in total. The number of benzene rings is 1. The average Bonchev–Trinajstić information content (AvgIpc) is 2.66.